The average molecular weight is 477 g/mol. The third-order valence-electron chi connectivity index (χ3n) is 7.65. The van der Waals surface area contributed by atoms with Crippen LogP contribution in [0.3, 0.4) is 0 Å². The molecule has 3 heterocycles. The van der Waals surface area contributed by atoms with Crippen LogP contribution in [-0.2, 0) is 17.6 Å². The van der Waals surface area contributed by atoms with E-state index in [9.17, 15) is 9.59 Å². The number of aryl methyl sites for hydroxylation is 2. The van der Waals surface area contributed by atoms with Gasteiger partial charge in [0, 0.05) is 55.3 Å². The summed E-state index contributed by atoms with van der Waals surface area (Å²) in [7, 11) is 0. The molecule has 3 aliphatic rings. The number of carbonyl (C=O) groups excluding carboxylic acids is 2. The number of hydrogen-bond acceptors (Lipinski definition) is 6. The minimum Gasteiger partial charge on any atom is -0.478 e. The maximum absolute atomic E-state index is 13.2. The Morgan fingerprint density at radius 3 is 2.63 bits per heavy atom. The van der Waals surface area contributed by atoms with E-state index >= 15 is 0 Å². The van der Waals surface area contributed by atoms with Crippen LogP contribution in [-0.4, -0.2) is 60.9 Å². The zero-order valence-corrected chi connectivity index (χ0v) is 20.9. The van der Waals surface area contributed by atoms with E-state index in [4.69, 9.17) is 4.74 Å². The van der Waals surface area contributed by atoms with Gasteiger partial charge in [-0.2, -0.15) is 4.98 Å². The van der Waals surface area contributed by atoms with Crippen molar-refractivity contribution in [1.82, 2.24) is 9.88 Å². The summed E-state index contributed by atoms with van der Waals surface area (Å²) in [4.78, 5) is 34.1. The van der Waals surface area contributed by atoms with Gasteiger partial charge in [0.25, 0.3) is 0 Å². The number of piperazine rings is 1. The van der Waals surface area contributed by atoms with Gasteiger partial charge in [0.1, 0.15) is 5.82 Å². The third-order valence-corrected chi connectivity index (χ3v) is 7.65. The van der Waals surface area contributed by atoms with Gasteiger partial charge < -0.3 is 15.0 Å². The Morgan fingerprint density at radius 1 is 0.971 bits per heavy atom. The average Bonchev–Trinajstić information content (AvgIpc) is 2.86. The molecule has 1 aliphatic carbocycles. The Labute approximate surface area is 207 Å². The normalized spacial score (nSPS) is 19.7. The topological polar surface area (TPSA) is 74.8 Å². The molecule has 1 saturated heterocycles. The first kappa shape index (κ1) is 23.8. The number of unbranched alkanes of at least 4 members (excludes halogenated alkanes) is 1. The van der Waals surface area contributed by atoms with Crippen molar-refractivity contribution in [3.8, 4) is 5.88 Å². The molecule has 7 nitrogen and oxygen atoms in total. The molecule has 0 unspecified atom stereocenters. The highest BCUT2D eigenvalue weighted by molar-refractivity contribution is 6.07. The maximum Gasteiger partial charge on any atom is 0.225 e. The summed E-state index contributed by atoms with van der Waals surface area (Å²) in [5.41, 5.74) is 4.10. The number of anilines is 2. The molecule has 0 saturated carbocycles. The Morgan fingerprint density at radius 2 is 1.80 bits per heavy atom. The first-order valence-electron chi connectivity index (χ1n) is 13.0. The lowest BCUT2D eigenvalue weighted by Gasteiger charge is -2.39. The Bertz CT molecular complexity index is 1110. The summed E-state index contributed by atoms with van der Waals surface area (Å²) in [5.74, 6) is 1.53. The molecule has 1 aromatic carbocycles. The second kappa shape index (κ2) is 9.97. The SMILES string of the molecule is CC1(C)CCc2cccc(N3CCN(CCCCOc4ccc5c(n4)NC(=O)CC5)CC3)c2C1=O. The van der Waals surface area contributed by atoms with Crippen LogP contribution in [0.25, 0.3) is 0 Å². The summed E-state index contributed by atoms with van der Waals surface area (Å²) in [6, 6.07) is 10.3. The summed E-state index contributed by atoms with van der Waals surface area (Å²) in [5, 5.41) is 2.82. The zero-order valence-electron chi connectivity index (χ0n) is 20.9. The first-order valence-corrected chi connectivity index (χ1v) is 13.0. The molecule has 0 atom stereocenters. The molecular weight excluding hydrogens is 440 g/mol. The van der Waals surface area contributed by atoms with Crippen LogP contribution in [0.2, 0.25) is 0 Å². The molecule has 5 rings (SSSR count). The highest BCUT2D eigenvalue weighted by atomic mass is 16.5. The van der Waals surface area contributed by atoms with E-state index < -0.39 is 0 Å². The highest BCUT2D eigenvalue weighted by Crippen LogP contribution is 2.39. The Kier molecular flexibility index (Phi) is 6.78. The van der Waals surface area contributed by atoms with Crippen molar-refractivity contribution in [1.29, 1.82) is 0 Å². The number of hydrogen-bond donors (Lipinski definition) is 1. The van der Waals surface area contributed by atoms with Crippen molar-refractivity contribution in [2.24, 2.45) is 5.41 Å². The van der Waals surface area contributed by atoms with Crippen LogP contribution in [0.5, 0.6) is 5.88 Å². The number of ketones is 1. The molecule has 35 heavy (non-hydrogen) atoms. The van der Waals surface area contributed by atoms with Gasteiger partial charge in [-0.1, -0.05) is 26.0 Å². The van der Waals surface area contributed by atoms with Gasteiger partial charge in [-0.3, -0.25) is 14.5 Å². The first-order chi connectivity index (χ1) is 16.9. The molecule has 0 radical (unpaired) electrons. The zero-order chi connectivity index (χ0) is 24.4. The van der Waals surface area contributed by atoms with E-state index in [0.717, 1.165) is 81.6 Å². The van der Waals surface area contributed by atoms with Crippen molar-refractivity contribution in [3.63, 3.8) is 0 Å². The van der Waals surface area contributed by atoms with Gasteiger partial charge in [-0.05, 0) is 61.9 Å². The monoisotopic (exact) mass is 476 g/mol. The van der Waals surface area contributed by atoms with Crippen LogP contribution < -0.4 is 15.0 Å². The fourth-order valence-corrected chi connectivity index (χ4v) is 5.35. The van der Waals surface area contributed by atoms with E-state index in [2.05, 4.69) is 52.1 Å². The van der Waals surface area contributed by atoms with Gasteiger partial charge in [-0.15, -0.1) is 0 Å². The number of aromatic nitrogens is 1. The largest absolute Gasteiger partial charge is 0.478 e. The lowest BCUT2D eigenvalue weighted by Crippen LogP contribution is -2.47. The molecule has 0 bridgehead atoms. The van der Waals surface area contributed by atoms with Crippen LogP contribution in [0, 0.1) is 5.41 Å². The summed E-state index contributed by atoms with van der Waals surface area (Å²) < 4.78 is 5.83. The van der Waals surface area contributed by atoms with Crippen LogP contribution >= 0.6 is 0 Å². The van der Waals surface area contributed by atoms with Crippen molar-refractivity contribution in [2.45, 2.75) is 52.4 Å². The predicted octanol–water partition coefficient (Wildman–Crippen LogP) is 4.10. The number of benzene rings is 1. The van der Waals surface area contributed by atoms with E-state index in [1.54, 1.807) is 0 Å². The second-order valence-corrected chi connectivity index (χ2v) is 10.6. The Balaban J connectivity index is 1.07. The molecule has 2 aromatic rings. The van der Waals surface area contributed by atoms with Crippen LogP contribution in [0.15, 0.2) is 30.3 Å². The van der Waals surface area contributed by atoms with Crippen molar-refractivity contribution in [2.75, 3.05) is 49.5 Å². The molecule has 1 fully saturated rings. The van der Waals surface area contributed by atoms with Crippen molar-refractivity contribution < 1.29 is 14.3 Å². The smallest absolute Gasteiger partial charge is 0.225 e. The number of carbonyl (C=O) groups is 2. The number of nitrogens with one attached hydrogen (secondary N) is 1. The minimum atomic E-state index is -0.268. The lowest BCUT2D eigenvalue weighted by molar-refractivity contribution is -0.116. The summed E-state index contributed by atoms with van der Waals surface area (Å²) >= 11 is 0. The van der Waals surface area contributed by atoms with Crippen LogP contribution in [0.1, 0.15) is 61.0 Å². The molecule has 1 aromatic heterocycles. The number of fused-ring (bicyclic) bond motifs is 2. The molecule has 2 aliphatic heterocycles. The van der Waals surface area contributed by atoms with E-state index in [-0.39, 0.29) is 11.3 Å². The number of amides is 1. The number of rotatable bonds is 7. The second-order valence-electron chi connectivity index (χ2n) is 10.6. The van der Waals surface area contributed by atoms with Crippen molar-refractivity contribution >= 4 is 23.2 Å². The van der Waals surface area contributed by atoms with Gasteiger partial charge in [0.2, 0.25) is 11.8 Å². The molecule has 1 N–H and O–H groups in total. The van der Waals surface area contributed by atoms with E-state index in [1.807, 2.05) is 12.1 Å². The van der Waals surface area contributed by atoms with Gasteiger partial charge in [0.15, 0.2) is 5.78 Å². The summed E-state index contributed by atoms with van der Waals surface area (Å²) in [6.45, 7) is 9.74. The van der Waals surface area contributed by atoms with Crippen molar-refractivity contribution in [3.05, 3.63) is 47.0 Å². The number of nitrogens with zero attached hydrogens (tertiary/aromatic N) is 3. The number of Topliss-reactive ketones (excluding diaryl/α,β-unsaturated/α-hetero) is 1. The predicted molar refractivity (Wildman–Crippen MR) is 137 cm³/mol. The molecule has 186 valence electrons. The highest BCUT2D eigenvalue weighted by Gasteiger charge is 2.36. The quantitative estimate of drug-likeness (QED) is 0.607. The van der Waals surface area contributed by atoms with Gasteiger partial charge in [-0.25, -0.2) is 0 Å². The van der Waals surface area contributed by atoms with Crippen LogP contribution in [0.4, 0.5) is 11.5 Å². The lowest BCUT2D eigenvalue weighted by atomic mass is 9.72. The minimum absolute atomic E-state index is 0.0184. The van der Waals surface area contributed by atoms with E-state index in [1.165, 1.54) is 5.56 Å². The standard InChI is InChI=1S/C28H36N4O3/c1-28(2)13-12-20-6-5-7-22(25(20)26(28)34)32-17-15-31(16-18-32)14-3-4-19-35-24-11-9-21-8-10-23(33)29-27(21)30-24/h5-7,9,11H,3-4,8,10,12-19H2,1-2H3,(H,29,30,33). The fraction of sp³-hybridized carbons (Fsp3) is 0.536. The molecular formula is C28H36N4O3. The summed E-state index contributed by atoms with van der Waals surface area (Å²) in [6.07, 6.45) is 5.20. The van der Waals surface area contributed by atoms with Gasteiger partial charge in [0.05, 0.1) is 6.61 Å². The third kappa shape index (κ3) is 5.20. The number of ether oxygens (including phenoxy) is 1. The number of pyridine rings is 1. The molecule has 1 amide bonds. The fourth-order valence-electron chi connectivity index (χ4n) is 5.35. The van der Waals surface area contributed by atoms with E-state index in [0.29, 0.717) is 30.5 Å². The Hall–Kier alpha value is -2.93. The molecule has 0 spiro atoms. The molecule has 7 heteroatoms. The maximum atomic E-state index is 13.2. The van der Waals surface area contributed by atoms with Gasteiger partial charge >= 0.3 is 0 Å².